The molecule has 1 aliphatic heterocycles. The molecule has 42 heavy (non-hydrogen) atoms. The smallest absolute Gasteiger partial charge is 0.308 e. The Hall–Kier alpha value is -5.37. The summed E-state index contributed by atoms with van der Waals surface area (Å²) in [5.41, 5.74) is 3.02. The van der Waals surface area contributed by atoms with Crippen LogP contribution in [-0.4, -0.2) is 29.9 Å². The van der Waals surface area contributed by atoms with Crippen molar-refractivity contribution in [2.24, 2.45) is 0 Å². The molecule has 1 fully saturated rings. The molecule has 1 amide bonds. The highest BCUT2D eigenvalue weighted by Gasteiger charge is 2.47. The second-order valence-electron chi connectivity index (χ2n) is 9.79. The number of benzene rings is 4. The average molecular weight is 564 g/mol. The number of amides is 1. The van der Waals surface area contributed by atoms with Crippen molar-refractivity contribution in [3.8, 4) is 17.2 Å². The molecule has 1 heterocycles. The fourth-order valence-corrected chi connectivity index (χ4v) is 4.91. The number of ether oxygens (including phenoxy) is 3. The van der Waals surface area contributed by atoms with Crippen LogP contribution in [0.5, 0.6) is 17.2 Å². The minimum absolute atomic E-state index is 0.0691. The summed E-state index contributed by atoms with van der Waals surface area (Å²) in [6, 6.07) is 27.1. The number of anilines is 1. The third-order valence-corrected chi connectivity index (χ3v) is 6.92. The number of esters is 1. The fourth-order valence-electron chi connectivity index (χ4n) is 4.91. The van der Waals surface area contributed by atoms with Crippen molar-refractivity contribution in [2.45, 2.75) is 26.5 Å². The molecule has 0 spiro atoms. The number of Topliss-reactive ketones (excluding diaryl/α,β-unsaturated/α-hetero) is 1. The van der Waals surface area contributed by atoms with E-state index in [0.717, 1.165) is 11.1 Å². The molecule has 8 heteroatoms. The lowest BCUT2D eigenvalue weighted by molar-refractivity contribution is -0.132. The highest BCUT2D eigenvalue weighted by atomic mass is 16.5. The summed E-state index contributed by atoms with van der Waals surface area (Å²) >= 11 is 0. The van der Waals surface area contributed by atoms with Gasteiger partial charge in [0.15, 0.2) is 0 Å². The first kappa shape index (κ1) is 28.2. The van der Waals surface area contributed by atoms with Gasteiger partial charge in [0.25, 0.3) is 11.7 Å². The molecule has 4 aromatic carbocycles. The number of hydrogen-bond acceptors (Lipinski definition) is 7. The van der Waals surface area contributed by atoms with E-state index in [4.69, 9.17) is 14.2 Å². The normalized spacial score (nSPS) is 15.9. The maximum absolute atomic E-state index is 13.5. The molecule has 1 saturated heterocycles. The van der Waals surface area contributed by atoms with E-state index in [1.807, 2.05) is 37.3 Å². The van der Waals surface area contributed by atoms with Crippen LogP contribution in [-0.2, 0) is 21.0 Å². The Morgan fingerprint density at radius 3 is 2.29 bits per heavy atom. The Bertz CT molecular complexity index is 1680. The number of hydrogen-bond donors (Lipinski definition) is 1. The number of aryl methyl sites for hydroxylation is 1. The van der Waals surface area contributed by atoms with Crippen LogP contribution in [0.25, 0.3) is 5.76 Å². The molecule has 1 N–H and O–H groups in total. The first-order valence-corrected chi connectivity index (χ1v) is 13.3. The van der Waals surface area contributed by atoms with E-state index < -0.39 is 23.7 Å². The lowest BCUT2D eigenvalue weighted by Gasteiger charge is -2.26. The number of carbonyl (C=O) groups excluding carboxylic acids is 3. The number of carbonyl (C=O) groups is 3. The van der Waals surface area contributed by atoms with Crippen molar-refractivity contribution in [3.05, 3.63) is 125 Å². The SMILES string of the molecule is COc1cccc(N2C(=O)C(=O)/C(=C(/O)c3ccc(OCc4ccccc4)c(C)c3)C2c2ccc(OC(C)=O)cc2)c1. The van der Waals surface area contributed by atoms with E-state index in [-0.39, 0.29) is 11.3 Å². The number of ketones is 1. The summed E-state index contributed by atoms with van der Waals surface area (Å²) in [7, 11) is 1.51. The number of nitrogens with zero attached hydrogens (tertiary/aromatic N) is 1. The quantitative estimate of drug-likeness (QED) is 0.0904. The van der Waals surface area contributed by atoms with Gasteiger partial charge in [0.05, 0.1) is 18.7 Å². The lowest BCUT2D eigenvalue weighted by Crippen LogP contribution is -2.29. The molecule has 0 bridgehead atoms. The number of methoxy groups -OCH3 is 1. The van der Waals surface area contributed by atoms with E-state index in [1.54, 1.807) is 66.7 Å². The average Bonchev–Trinajstić information content (AvgIpc) is 3.26. The van der Waals surface area contributed by atoms with Crippen LogP contribution in [0.2, 0.25) is 0 Å². The zero-order valence-corrected chi connectivity index (χ0v) is 23.4. The minimum atomic E-state index is -0.960. The maximum atomic E-state index is 13.5. The summed E-state index contributed by atoms with van der Waals surface area (Å²) in [6.07, 6.45) is 0. The van der Waals surface area contributed by atoms with Crippen molar-refractivity contribution in [2.75, 3.05) is 12.0 Å². The molecule has 0 aromatic heterocycles. The van der Waals surface area contributed by atoms with Gasteiger partial charge in [-0.3, -0.25) is 19.3 Å². The molecule has 4 aromatic rings. The molecule has 1 unspecified atom stereocenters. The molecular formula is C34H29NO7. The molecule has 212 valence electrons. The zero-order chi connectivity index (χ0) is 29.8. The monoisotopic (exact) mass is 563 g/mol. The van der Waals surface area contributed by atoms with E-state index in [0.29, 0.717) is 40.7 Å². The largest absolute Gasteiger partial charge is 0.507 e. The van der Waals surface area contributed by atoms with E-state index in [2.05, 4.69) is 0 Å². The standard InChI is InChI=1S/C34H29NO7/c1-21-18-25(14-17-29(21)41-20-23-8-5-4-6-9-23)32(37)30-31(24-12-15-27(16-13-24)42-22(2)36)35(34(39)33(30)38)26-10-7-11-28(19-26)40-3/h4-19,31,37H,20H2,1-3H3/b32-30+. The van der Waals surface area contributed by atoms with Gasteiger partial charge >= 0.3 is 5.97 Å². The van der Waals surface area contributed by atoms with Gasteiger partial charge < -0.3 is 19.3 Å². The van der Waals surface area contributed by atoms with Gasteiger partial charge in [-0.1, -0.05) is 48.5 Å². The summed E-state index contributed by atoms with van der Waals surface area (Å²) in [5, 5.41) is 11.5. The molecule has 0 radical (unpaired) electrons. The van der Waals surface area contributed by atoms with Crippen LogP contribution in [0.15, 0.2) is 103 Å². The van der Waals surface area contributed by atoms with Crippen LogP contribution < -0.4 is 19.1 Å². The van der Waals surface area contributed by atoms with Gasteiger partial charge in [0.1, 0.15) is 29.6 Å². The van der Waals surface area contributed by atoms with Gasteiger partial charge in [-0.15, -0.1) is 0 Å². The van der Waals surface area contributed by atoms with Gasteiger partial charge in [0, 0.05) is 24.2 Å². The molecule has 0 aliphatic carbocycles. The van der Waals surface area contributed by atoms with Crippen LogP contribution in [0.3, 0.4) is 0 Å². The third kappa shape index (κ3) is 5.74. The van der Waals surface area contributed by atoms with Crippen LogP contribution in [0, 0.1) is 6.92 Å². The Kier molecular flexibility index (Phi) is 8.06. The Labute approximate surface area is 243 Å². The molecule has 8 nitrogen and oxygen atoms in total. The molecular weight excluding hydrogens is 534 g/mol. The number of aliphatic hydroxyl groups is 1. The van der Waals surface area contributed by atoms with E-state index in [9.17, 15) is 19.5 Å². The van der Waals surface area contributed by atoms with Crippen molar-refractivity contribution in [1.29, 1.82) is 0 Å². The van der Waals surface area contributed by atoms with Crippen LogP contribution >= 0.6 is 0 Å². The van der Waals surface area contributed by atoms with Crippen LogP contribution in [0.4, 0.5) is 5.69 Å². The second-order valence-corrected chi connectivity index (χ2v) is 9.79. The van der Waals surface area contributed by atoms with Gasteiger partial charge in [-0.05, 0) is 66.1 Å². The summed E-state index contributed by atoms with van der Waals surface area (Å²) in [4.78, 5) is 39.8. The third-order valence-electron chi connectivity index (χ3n) is 6.92. The highest BCUT2D eigenvalue weighted by molar-refractivity contribution is 6.51. The summed E-state index contributed by atoms with van der Waals surface area (Å²) in [6.45, 7) is 3.52. The number of rotatable bonds is 8. The van der Waals surface area contributed by atoms with E-state index >= 15 is 0 Å². The second kappa shape index (κ2) is 12.0. The topological polar surface area (TPSA) is 102 Å². The Balaban J connectivity index is 1.56. The van der Waals surface area contributed by atoms with E-state index in [1.165, 1.54) is 18.9 Å². The van der Waals surface area contributed by atoms with Crippen LogP contribution in [0.1, 0.15) is 35.2 Å². The molecule has 5 rings (SSSR count). The molecule has 0 saturated carbocycles. The minimum Gasteiger partial charge on any atom is -0.507 e. The summed E-state index contributed by atoms with van der Waals surface area (Å²) in [5.74, 6) is -0.969. The van der Waals surface area contributed by atoms with Crippen molar-refractivity contribution >= 4 is 29.1 Å². The first-order chi connectivity index (χ1) is 20.3. The fraction of sp³-hybridized carbons (Fsp3) is 0.147. The maximum Gasteiger partial charge on any atom is 0.308 e. The lowest BCUT2D eigenvalue weighted by atomic mass is 9.94. The zero-order valence-electron chi connectivity index (χ0n) is 23.4. The highest BCUT2D eigenvalue weighted by Crippen LogP contribution is 2.43. The molecule has 1 atom stereocenters. The molecule has 1 aliphatic rings. The van der Waals surface area contributed by atoms with Gasteiger partial charge in [-0.25, -0.2) is 0 Å². The van der Waals surface area contributed by atoms with Gasteiger partial charge in [-0.2, -0.15) is 0 Å². The van der Waals surface area contributed by atoms with Gasteiger partial charge in [0.2, 0.25) is 0 Å². The Morgan fingerprint density at radius 1 is 0.881 bits per heavy atom. The predicted molar refractivity (Wildman–Crippen MR) is 157 cm³/mol. The van der Waals surface area contributed by atoms with Crippen molar-refractivity contribution in [1.82, 2.24) is 0 Å². The predicted octanol–water partition coefficient (Wildman–Crippen LogP) is 6.13. The summed E-state index contributed by atoms with van der Waals surface area (Å²) < 4.78 is 16.5. The van der Waals surface area contributed by atoms with Crippen molar-refractivity contribution < 1.29 is 33.7 Å². The number of aliphatic hydroxyl groups excluding tert-OH is 1. The first-order valence-electron chi connectivity index (χ1n) is 13.3. The van der Waals surface area contributed by atoms with Crippen molar-refractivity contribution in [3.63, 3.8) is 0 Å². The Morgan fingerprint density at radius 2 is 1.62 bits per heavy atom.